The molecule has 0 radical (unpaired) electrons. The number of aromatic hydroxyl groups is 1. The van der Waals surface area contributed by atoms with Crippen LogP contribution in [0.4, 0.5) is 10.6 Å². The van der Waals surface area contributed by atoms with Crippen LogP contribution in [0.5, 0.6) is 5.75 Å². The summed E-state index contributed by atoms with van der Waals surface area (Å²) < 4.78 is 0. The lowest BCUT2D eigenvalue weighted by Crippen LogP contribution is -2.28. The molecule has 0 fully saturated rings. The number of phenols is 1. The van der Waals surface area contributed by atoms with Gasteiger partial charge in [-0.15, -0.1) is 0 Å². The third kappa shape index (κ3) is 3.54. The van der Waals surface area contributed by atoms with Crippen molar-refractivity contribution in [1.29, 1.82) is 0 Å². The van der Waals surface area contributed by atoms with Crippen LogP contribution in [0, 0.1) is 0 Å². The lowest BCUT2D eigenvalue weighted by Gasteiger charge is -2.12. The molecule has 6 nitrogen and oxygen atoms in total. The number of nitrogens with two attached hydrogens (primary N) is 1. The van der Waals surface area contributed by atoms with Crippen molar-refractivity contribution < 1.29 is 9.90 Å². The molecule has 0 atom stereocenters. The van der Waals surface area contributed by atoms with Crippen molar-refractivity contribution in [2.45, 2.75) is 13.5 Å². The Morgan fingerprint density at radius 3 is 2.60 bits per heavy atom. The number of rotatable bonds is 4. The molecule has 128 valence electrons. The minimum absolute atomic E-state index is 0.215. The highest BCUT2D eigenvalue weighted by Gasteiger charge is 2.10. The van der Waals surface area contributed by atoms with Crippen LogP contribution in [0.3, 0.4) is 0 Å². The zero-order valence-corrected chi connectivity index (χ0v) is 13.9. The molecule has 1 heterocycles. The number of nitrogens with zero attached hydrogens (tertiary/aromatic N) is 1. The number of amides is 2. The van der Waals surface area contributed by atoms with Crippen molar-refractivity contribution in [3.63, 3.8) is 0 Å². The highest BCUT2D eigenvalue weighted by Crippen LogP contribution is 2.32. The zero-order valence-electron chi connectivity index (χ0n) is 13.9. The molecule has 0 unspecified atom stereocenters. The van der Waals surface area contributed by atoms with Crippen LogP contribution in [0.2, 0.25) is 0 Å². The first-order valence-corrected chi connectivity index (χ1v) is 8.08. The van der Waals surface area contributed by atoms with E-state index in [-0.39, 0.29) is 11.8 Å². The van der Waals surface area contributed by atoms with Gasteiger partial charge in [0.1, 0.15) is 11.6 Å². The minimum atomic E-state index is -0.296. The van der Waals surface area contributed by atoms with E-state index in [2.05, 4.69) is 15.6 Å². The Balaban J connectivity index is 2.12. The maximum absolute atomic E-state index is 11.8. The fraction of sp³-hybridized carbons (Fsp3) is 0.158. The average Bonchev–Trinajstić information content (AvgIpc) is 2.61. The zero-order chi connectivity index (χ0) is 17.8. The van der Waals surface area contributed by atoms with Crippen molar-refractivity contribution in [1.82, 2.24) is 10.3 Å². The maximum atomic E-state index is 11.8. The van der Waals surface area contributed by atoms with Crippen molar-refractivity contribution in [2.24, 2.45) is 5.73 Å². The number of carbonyl (C=O) groups is 1. The number of pyridine rings is 1. The molecule has 2 amide bonds. The van der Waals surface area contributed by atoms with Gasteiger partial charge in [0.25, 0.3) is 0 Å². The van der Waals surface area contributed by atoms with Crippen LogP contribution in [-0.4, -0.2) is 22.7 Å². The summed E-state index contributed by atoms with van der Waals surface area (Å²) in [7, 11) is 0. The Morgan fingerprint density at radius 2 is 1.92 bits per heavy atom. The van der Waals surface area contributed by atoms with Gasteiger partial charge in [0.05, 0.1) is 0 Å². The third-order valence-corrected chi connectivity index (χ3v) is 3.97. The first-order chi connectivity index (χ1) is 12.1. The molecule has 2 aromatic carbocycles. The van der Waals surface area contributed by atoms with Gasteiger partial charge in [-0.2, -0.15) is 0 Å². The Hall–Kier alpha value is -3.12. The number of fused-ring (bicyclic) bond motifs is 1. The second-order valence-corrected chi connectivity index (χ2v) is 5.62. The van der Waals surface area contributed by atoms with Crippen molar-refractivity contribution in [3.8, 4) is 16.9 Å². The fourth-order valence-corrected chi connectivity index (χ4v) is 2.76. The summed E-state index contributed by atoms with van der Waals surface area (Å²) in [6.45, 7) is 2.79. The lowest BCUT2D eigenvalue weighted by atomic mass is 9.96. The summed E-state index contributed by atoms with van der Waals surface area (Å²) in [6.07, 6.45) is 1.73. The molecule has 6 heteroatoms. The Bertz CT molecular complexity index is 907. The monoisotopic (exact) mass is 336 g/mol. The molecule has 0 saturated heterocycles. The standard InChI is InChI=1S/C19H20N4O2/c1-2-21-19(25)23-18-9-16-15(12-3-6-14(24)7-4-12)8-5-13(10-20)17(16)11-22-18/h3-9,11,24H,2,10,20H2,1H3,(H2,21,22,23,25). The van der Waals surface area contributed by atoms with Crippen LogP contribution in [0.1, 0.15) is 12.5 Å². The summed E-state index contributed by atoms with van der Waals surface area (Å²) in [5.41, 5.74) is 8.76. The summed E-state index contributed by atoms with van der Waals surface area (Å²) in [5.74, 6) is 0.680. The number of benzene rings is 2. The average molecular weight is 336 g/mol. The van der Waals surface area contributed by atoms with Gasteiger partial charge in [0, 0.05) is 24.7 Å². The second-order valence-electron chi connectivity index (χ2n) is 5.62. The van der Waals surface area contributed by atoms with E-state index in [9.17, 15) is 9.90 Å². The molecule has 0 aliphatic rings. The minimum Gasteiger partial charge on any atom is -0.508 e. The molecule has 0 aliphatic carbocycles. The number of phenolic OH excluding ortho intramolecular Hbond substituents is 1. The van der Waals surface area contributed by atoms with E-state index >= 15 is 0 Å². The van der Waals surface area contributed by atoms with Crippen LogP contribution in [0.15, 0.2) is 48.7 Å². The van der Waals surface area contributed by atoms with E-state index in [1.807, 2.05) is 37.3 Å². The number of carbonyl (C=O) groups excluding carboxylic acids is 1. The van der Waals surface area contributed by atoms with Crippen molar-refractivity contribution in [2.75, 3.05) is 11.9 Å². The summed E-state index contributed by atoms with van der Waals surface area (Å²) in [5, 5.41) is 16.8. The van der Waals surface area contributed by atoms with Crippen molar-refractivity contribution in [3.05, 3.63) is 54.2 Å². The van der Waals surface area contributed by atoms with E-state index in [1.165, 1.54) is 0 Å². The van der Waals surface area contributed by atoms with Crippen molar-refractivity contribution >= 4 is 22.6 Å². The summed E-state index contributed by atoms with van der Waals surface area (Å²) in [6, 6.07) is 12.5. The second kappa shape index (κ2) is 7.19. The Kier molecular flexibility index (Phi) is 4.81. The normalized spacial score (nSPS) is 10.6. The van der Waals surface area contributed by atoms with Crippen LogP contribution >= 0.6 is 0 Å². The molecule has 0 saturated carbocycles. The van der Waals surface area contributed by atoms with Crippen LogP contribution < -0.4 is 16.4 Å². The molecule has 5 N–H and O–H groups in total. The van der Waals surface area contributed by atoms with Gasteiger partial charge in [-0.1, -0.05) is 24.3 Å². The maximum Gasteiger partial charge on any atom is 0.320 e. The van der Waals surface area contributed by atoms with E-state index in [4.69, 9.17) is 5.73 Å². The van der Waals surface area contributed by atoms with E-state index < -0.39 is 0 Å². The predicted molar refractivity (Wildman–Crippen MR) is 99.4 cm³/mol. The SMILES string of the molecule is CCNC(=O)Nc1cc2c(-c3ccc(O)cc3)ccc(CN)c2cn1. The van der Waals surface area contributed by atoms with E-state index in [1.54, 1.807) is 18.3 Å². The smallest absolute Gasteiger partial charge is 0.320 e. The van der Waals surface area contributed by atoms with Crippen LogP contribution in [0.25, 0.3) is 21.9 Å². The number of hydrogen-bond donors (Lipinski definition) is 4. The molecule has 25 heavy (non-hydrogen) atoms. The van der Waals surface area contributed by atoms with Gasteiger partial charge in [-0.25, -0.2) is 9.78 Å². The van der Waals surface area contributed by atoms with E-state index in [0.717, 1.165) is 27.5 Å². The highest BCUT2D eigenvalue weighted by atomic mass is 16.3. The third-order valence-electron chi connectivity index (χ3n) is 3.97. The lowest BCUT2D eigenvalue weighted by molar-refractivity contribution is 0.252. The number of aromatic nitrogens is 1. The Morgan fingerprint density at radius 1 is 1.16 bits per heavy atom. The largest absolute Gasteiger partial charge is 0.508 e. The summed E-state index contributed by atoms with van der Waals surface area (Å²) in [4.78, 5) is 16.1. The molecule has 0 bridgehead atoms. The first kappa shape index (κ1) is 16.7. The molecule has 1 aromatic heterocycles. The van der Waals surface area contributed by atoms with Gasteiger partial charge >= 0.3 is 6.03 Å². The number of anilines is 1. The first-order valence-electron chi connectivity index (χ1n) is 8.08. The molecular formula is C19H20N4O2. The Labute approximate surface area is 145 Å². The van der Waals surface area contributed by atoms with Gasteiger partial charge in [-0.05, 0) is 47.2 Å². The predicted octanol–water partition coefficient (Wildman–Crippen LogP) is 3.21. The molecule has 3 rings (SSSR count). The highest BCUT2D eigenvalue weighted by molar-refractivity contribution is 6.00. The topological polar surface area (TPSA) is 100 Å². The number of nitrogens with one attached hydrogen (secondary N) is 2. The van der Waals surface area contributed by atoms with Gasteiger partial charge in [0.15, 0.2) is 0 Å². The van der Waals surface area contributed by atoms with Gasteiger partial charge in [0.2, 0.25) is 0 Å². The quantitative estimate of drug-likeness (QED) is 0.588. The summed E-state index contributed by atoms with van der Waals surface area (Å²) >= 11 is 0. The molecule has 0 spiro atoms. The van der Waals surface area contributed by atoms with Gasteiger partial charge in [-0.3, -0.25) is 5.32 Å². The molecule has 3 aromatic rings. The number of urea groups is 1. The van der Waals surface area contributed by atoms with E-state index in [0.29, 0.717) is 18.9 Å². The van der Waals surface area contributed by atoms with Crippen LogP contribution in [-0.2, 0) is 6.54 Å². The molecular weight excluding hydrogens is 316 g/mol. The number of hydrogen-bond acceptors (Lipinski definition) is 4. The molecule has 0 aliphatic heterocycles. The van der Waals surface area contributed by atoms with Gasteiger partial charge < -0.3 is 16.2 Å². The fourth-order valence-electron chi connectivity index (χ4n) is 2.76.